The Morgan fingerprint density at radius 1 is 1.47 bits per heavy atom. The Bertz CT molecular complexity index is 366. The lowest BCUT2D eigenvalue weighted by Crippen LogP contribution is -2.25. The molecule has 0 N–H and O–H groups in total. The van der Waals surface area contributed by atoms with Crippen LogP contribution in [-0.2, 0) is 20.9 Å². The quantitative estimate of drug-likeness (QED) is 0.745. The van der Waals surface area contributed by atoms with E-state index in [1.165, 1.54) is 5.56 Å². The first-order valence-electron chi connectivity index (χ1n) is 5.92. The number of nitrogens with zero attached hydrogens (tertiary/aromatic N) is 1. The Morgan fingerprint density at radius 2 is 2.24 bits per heavy atom. The number of rotatable bonds is 4. The zero-order chi connectivity index (χ0) is 12.1. The molecular weight excluding hydrogens is 218 g/mol. The topological polar surface area (TPSA) is 38.8 Å². The lowest BCUT2D eigenvalue weighted by molar-refractivity contribution is -0.185. The minimum Gasteiger partial charge on any atom is -0.464 e. The van der Waals surface area contributed by atoms with Crippen molar-refractivity contribution < 1.29 is 14.4 Å². The van der Waals surface area contributed by atoms with Crippen LogP contribution < -0.4 is 0 Å². The predicted molar refractivity (Wildman–Crippen MR) is 63.0 cm³/mol. The summed E-state index contributed by atoms with van der Waals surface area (Å²) >= 11 is 0. The summed E-state index contributed by atoms with van der Waals surface area (Å²) in [5, 5.41) is 1.82. The van der Waals surface area contributed by atoms with Gasteiger partial charge in [0.1, 0.15) is 0 Å². The second-order valence-corrected chi connectivity index (χ2v) is 3.98. The summed E-state index contributed by atoms with van der Waals surface area (Å²) in [6.07, 6.45) is 0.268. The molecule has 1 aromatic rings. The van der Waals surface area contributed by atoms with E-state index in [1.807, 2.05) is 35.4 Å². The SMILES string of the molecule is CCOC(=O)C1CCN(Cc2ccccc2)O1. The fourth-order valence-corrected chi connectivity index (χ4v) is 1.85. The van der Waals surface area contributed by atoms with E-state index >= 15 is 0 Å². The first-order chi connectivity index (χ1) is 8.29. The van der Waals surface area contributed by atoms with Crippen LogP contribution in [0.25, 0.3) is 0 Å². The van der Waals surface area contributed by atoms with Gasteiger partial charge in [0.25, 0.3) is 0 Å². The number of carbonyl (C=O) groups excluding carboxylic acids is 1. The third kappa shape index (κ3) is 3.28. The Labute approximate surface area is 101 Å². The van der Waals surface area contributed by atoms with Gasteiger partial charge in [0.05, 0.1) is 6.61 Å². The van der Waals surface area contributed by atoms with Crippen molar-refractivity contribution >= 4 is 5.97 Å². The maximum Gasteiger partial charge on any atom is 0.337 e. The lowest BCUT2D eigenvalue weighted by Gasteiger charge is -2.15. The Morgan fingerprint density at radius 3 is 2.94 bits per heavy atom. The monoisotopic (exact) mass is 235 g/mol. The summed E-state index contributed by atoms with van der Waals surface area (Å²) in [7, 11) is 0. The van der Waals surface area contributed by atoms with Crippen molar-refractivity contribution in [3.63, 3.8) is 0 Å². The molecule has 0 spiro atoms. The van der Waals surface area contributed by atoms with Crippen LogP contribution in [0.5, 0.6) is 0 Å². The summed E-state index contributed by atoms with van der Waals surface area (Å²) in [4.78, 5) is 17.0. The molecule has 17 heavy (non-hydrogen) atoms. The largest absolute Gasteiger partial charge is 0.464 e. The highest BCUT2D eigenvalue weighted by atomic mass is 16.7. The standard InChI is InChI=1S/C13H17NO3/c1-2-16-13(15)12-8-9-14(17-12)10-11-6-4-3-5-7-11/h3-7,12H,2,8-10H2,1H3. The van der Waals surface area contributed by atoms with Crippen LogP contribution in [0, 0.1) is 0 Å². The van der Waals surface area contributed by atoms with Gasteiger partial charge in [-0.05, 0) is 12.5 Å². The first-order valence-corrected chi connectivity index (χ1v) is 5.92. The molecule has 2 rings (SSSR count). The minimum atomic E-state index is -0.432. The van der Waals surface area contributed by atoms with Gasteiger partial charge in [-0.15, -0.1) is 0 Å². The Hall–Kier alpha value is -1.39. The van der Waals surface area contributed by atoms with Gasteiger partial charge >= 0.3 is 5.97 Å². The van der Waals surface area contributed by atoms with Crippen molar-refractivity contribution in [1.82, 2.24) is 5.06 Å². The van der Waals surface area contributed by atoms with Crippen molar-refractivity contribution in [3.05, 3.63) is 35.9 Å². The molecule has 0 amide bonds. The van der Waals surface area contributed by atoms with Gasteiger partial charge in [0, 0.05) is 19.5 Å². The molecule has 1 aliphatic heterocycles. The maximum absolute atomic E-state index is 11.5. The van der Waals surface area contributed by atoms with Gasteiger partial charge in [-0.2, -0.15) is 5.06 Å². The number of hydrogen-bond donors (Lipinski definition) is 0. The summed E-state index contributed by atoms with van der Waals surface area (Å²) in [6.45, 7) is 3.67. The number of benzene rings is 1. The number of hydroxylamine groups is 2. The van der Waals surface area contributed by atoms with E-state index in [-0.39, 0.29) is 5.97 Å². The molecule has 0 aliphatic carbocycles. The highest BCUT2D eigenvalue weighted by Gasteiger charge is 2.30. The van der Waals surface area contributed by atoms with Crippen LogP contribution in [0.15, 0.2) is 30.3 Å². The molecular formula is C13H17NO3. The van der Waals surface area contributed by atoms with E-state index in [0.717, 1.165) is 6.54 Å². The van der Waals surface area contributed by atoms with Crippen molar-refractivity contribution in [2.24, 2.45) is 0 Å². The molecule has 1 atom stereocenters. The minimum absolute atomic E-state index is 0.261. The van der Waals surface area contributed by atoms with E-state index in [9.17, 15) is 4.79 Å². The van der Waals surface area contributed by atoms with E-state index < -0.39 is 6.10 Å². The third-order valence-electron chi connectivity index (χ3n) is 2.67. The number of carbonyl (C=O) groups is 1. The van der Waals surface area contributed by atoms with Crippen molar-refractivity contribution in [3.8, 4) is 0 Å². The smallest absolute Gasteiger partial charge is 0.337 e. The number of ether oxygens (including phenoxy) is 1. The fraction of sp³-hybridized carbons (Fsp3) is 0.462. The summed E-state index contributed by atoms with van der Waals surface area (Å²) in [6, 6.07) is 10.1. The summed E-state index contributed by atoms with van der Waals surface area (Å²) < 4.78 is 4.93. The molecule has 0 saturated carbocycles. The number of esters is 1. The average Bonchev–Trinajstić information content (AvgIpc) is 2.79. The molecule has 1 aromatic carbocycles. The zero-order valence-electron chi connectivity index (χ0n) is 9.96. The molecule has 1 fully saturated rings. The predicted octanol–water partition coefficient (Wildman–Crippen LogP) is 1.76. The molecule has 92 valence electrons. The summed E-state index contributed by atoms with van der Waals surface area (Å²) in [5.41, 5.74) is 1.18. The molecule has 1 aliphatic rings. The van der Waals surface area contributed by atoms with Gasteiger partial charge in [-0.25, -0.2) is 4.79 Å². The molecule has 4 heteroatoms. The normalized spacial score (nSPS) is 20.4. The summed E-state index contributed by atoms with van der Waals surface area (Å²) in [5.74, 6) is -0.261. The second-order valence-electron chi connectivity index (χ2n) is 3.98. The molecule has 1 heterocycles. The van der Waals surface area contributed by atoms with E-state index in [0.29, 0.717) is 19.6 Å². The Kier molecular flexibility index (Phi) is 4.12. The average molecular weight is 235 g/mol. The Balaban J connectivity index is 1.84. The molecule has 0 bridgehead atoms. The van der Waals surface area contributed by atoms with Crippen LogP contribution in [-0.4, -0.2) is 30.3 Å². The van der Waals surface area contributed by atoms with E-state index in [2.05, 4.69) is 0 Å². The fourth-order valence-electron chi connectivity index (χ4n) is 1.85. The highest BCUT2D eigenvalue weighted by Crippen LogP contribution is 2.17. The van der Waals surface area contributed by atoms with Crippen LogP contribution in [0.4, 0.5) is 0 Å². The lowest BCUT2D eigenvalue weighted by atomic mass is 10.2. The van der Waals surface area contributed by atoms with Gasteiger partial charge in [-0.1, -0.05) is 30.3 Å². The van der Waals surface area contributed by atoms with Gasteiger partial charge < -0.3 is 4.74 Å². The van der Waals surface area contributed by atoms with Crippen LogP contribution in [0.1, 0.15) is 18.9 Å². The second kappa shape index (κ2) is 5.80. The molecule has 1 unspecified atom stereocenters. The highest BCUT2D eigenvalue weighted by molar-refractivity contribution is 5.74. The van der Waals surface area contributed by atoms with Gasteiger partial charge in [0.15, 0.2) is 6.10 Å². The van der Waals surface area contributed by atoms with Crippen molar-refractivity contribution in [2.45, 2.75) is 26.0 Å². The molecule has 4 nitrogen and oxygen atoms in total. The van der Waals surface area contributed by atoms with Gasteiger partial charge in [-0.3, -0.25) is 4.84 Å². The first kappa shape index (κ1) is 12.1. The van der Waals surface area contributed by atoms with E-state index in [1.54, 1.807) is 6.92 Å². The van der Waals surface area contributed by atoms with Crippen LogP contribution >= 0.6 is 0 Å². The maximum atomic E-state index is 11.5. The van der Waals surface area contributed by atoms with Crippen molar-refractivity contribution in [2.75, 3.05) is 13.2 Å². The third-order valence-corrected chi connectivity index (χ3v) is 2.67. The molecule has 0 radical (unpaired) electrons. The molecule has 1 saturated heterocycles. The zero-order valence-corrected chi connectivity index (χ0v) is 9.96. The van der Waals surface area contributed by atoms with Crippen LogP contribution in [0.2, 0.25) is 0 Å². The van der Waals surface area contributed by atoms with Crippen molar-refractivity contribution in [1.29, 1.82) is 0 Å². The van der Waals surface area contributed by atoms with Crippen LogP contribution in [0.3, 0.4) is 0 Å². The van der Waals surface area contributed by atoms with E-state index in [4.69, 9.17) is 9.57 Å². The molecule has 0 aromatic heterocycles. The van der Waals surface area contributed by atoms with Gasteiger partial charge in [0.2, 0.25) is 0 Å². The number of hydrogen-bond acceptors (Lipinski definition) is 4.